The van der Waals surface area contributed by atoms with E-state index in [-0.39, 0.29) is 6.04 Å². The molecule has 0 aliphatic carbocycles. The Balaban J connectivity index is 2.49. The molecular formula is C13H21NO2. The third-order valence-electron chi connectivity index (χ3n) is 2.41. The third-order valence-corrected chi connectivity index (χ3v) is 2.41. The molecule has 3 heteroatoms. The van der Waals surface area contributed by atoms with Gasteiger partial charge < -0.3 is 15.2 Å². The van der Waals surface area contributed by atoms with Crippen molar-refractivity contribution >= 4 is 0 Å². The van der Waals surface area contributed by atoms with Gasteiger partial charge >= 0.3 is 0 Å². The molecule has 0 fully saturated rings. The summed E-state index contributed by atoms with van der Waals surface area (Å²) in [5, 5.41) is 0. The van der Waals surface area contributed by atoms with Crippen LogP contribution in [0.25, 0.3) is 0 Å². The number of hydrogen-bond donors (Lipinski definition) is 1. The van der Waals surface area contributed by atoms with E-state index in [0.29, 0.717) is 6.61 Å². The van der Waals surface area contributed by atoms with E-state index in [9.17, 15) is 0 Å². The maximum Gasteiger partial charge on any atom is 0.119 e. The first-order valence-corrected chi connectivity index (χ1v) is 5.75. The van der Waals surface area contributed by atoms with Crippen LogP contribution < -0.4 is 10.5 Å². The maximum atomic E-state index is 6.01. The van der Waals surface area contributed by atoms with Crippen molar-refractivity contribution in [3.63, 3.8) is 0 Å². The molecule has 0 aliphatic rings. The van der Waals surface area contributed by atoms with E-state index < -0.39 is 0 Å². The van der Waals surface area contributed by atoms with E-state index in [1.54, 1.807) is 7.11 Å². The smallest absolute Gasteiger partial charge is 0.119 e. The highest BCUT2D eigenvalue weighted by Gasteiger charge is 2.05. The van der Waals surface area contributed by atoms with E-state index in [2.05, 4.69) is 6.92 Å². The summed E-state index contributed by atoms with van der Waals surface area (Å²) < 4.78 is 10.5. The Bertz CT molecular complexity index is 284. The lowest BCUT2D eigenvalue weighted by molar-refractivity contribution is 0.188. The molecule has 1 aromatic rings. The van der Waals surface area contributed by atoms with E-state index >= 15 is 0 Å². The zero-order chi connectivity index (χ0) is 11.8. The summed E-state index contributed by atoms with van der Waals surface area (Å²) in [6, 6.07) is 8.02. The van der Waals surface area contributed by atoms with Crippen LogP contribution in [0.1, 0.15) is 31.4 Å². The summed E-state index contributed by atoms with van der Waals surface area (Å²) in [6.07, 6.45) is 1.86. The normalized spacial score (nSPS) is 12.4. The van der Waals surface area contributed by atoms with E-state index in [0.717, 1.165) is 30.8 Å². The van der Waals surface area contributed by atoms with Gasteiger partial charge in [-0.1, -0.05) is 19.1 Å². The van der Waals surface area contributed by atoms with Crippen molar-refractivity contribution in [1.29, 1.82) is 0 Å². The summed E-state index contributed by atoms with van der Waals surface area (Å²) in [7, 11) is 1.69. The number of nitrogens with two attached hydrogens (primary N) is 1. The second kappa shape index (κ2) is 7.25. The first-order valence-electron chi connectivity index (χ1n) is 5.75. The Morgan fingerprint density at radius 1 is 1.19 bits per heavy atom. The van der Waals surface area contributed by atoms with E-state index in [1.807, 2.05) is 24.3 Å². The van der Waals surface area contributed by atoms with Crippen molar-refractivity contribution < 1.29 is 9.47 Å². The molecule has 0 saturated heterocycles. The molecule has 1 unspecified atom stereocenters. The standard InChI is InChI=1S/C13H21NO2/c1-3-9-16-12-6-4-11(5-7-12)13(14)8-10-15-2/h4-7,13H,3,8-10,14H2,1-2H3. The van der Waals surface area contributed by atoms with E-state index in [4.69, 9.17) is 15.2 Å². The van der Waals surface area contributed by atoms with Gasteiger partial charge in [0.15, 0.2) is 0 Å². The van der Waals surface area contributed by atoms with Crippen molar-refractivity contribution in [2.75, 3.05) is 20.3 Å². The minimum atomic E-state index is 0.0418. The van der Waals surface area contributed by atoms with Gasteiger partial charge in [0, 0.05) is 19.8 Å². The molecule has 3 nitrogen and oxygen atoms in total. The summed E-state index contributed by atoms with van der Waals surface area (Å²) >= 11 is 0. The van der Waals surface area contributed by atoms with Crippen LogP contribution in [0.2, 0.25) is 0 Å². The second-order valence-electron chi connectivity index (χ2n) is 3.81. The second-order valence-corrected chi connectivity index (χ2v) is 3.81. The Morgan fingerprint density at radius 2 is 1.88 bits per heavy atom. The molecule has 0 aromatic heterocycles. The first kappa shape index (κ1) is 13.0. The molecule has 0 bridgehead atoms. The monoisotopic (exact) mass is 223 g/mol. The molecule has 1 aromatic carbocycles. The fraction of sp³-hybridized carbons (Fsp3) is 0.538. The topological polar surface area (TPSA) is 44.5 Å². The van der Waals surface area contributed by atoms with Gasteiger partial charge in [0.1, 0.15) is 5.75 Å². The Labute approximate surface area is 97.6 Å². The van der Waals surface area contributed by atoms with Gasteiger partial charge in [0.25, 0.3) is 0 Å². The molecule has 0 radical (unpaired) electrons. The molecule has 1 rings (SSSR count). The number of hydrogen-bond acceptors (Lipinski definition) is 3. The highest BCUT2D eigenvalue weighted by atomic mass is 16.5. The molecule has 16 heavy (non-hydrogen) atoms. The maximum absolute atomic E-state index is 6.01. The zero-order valence-corrected chi connectivity index (χ0v) is 10.1. The molecule has 2 N–H and O–H groups in total. The van der Waals surface area contributed by atoms with E-state index in [1.165, 1.54) is 0 Å². The lowest BCUT2D eigenvalue weighted by Crippen LogP contribution is -2.12. The molecule has 90 valence electrons. The minimum absolute atomic E-state index is 0.0418. The number of methoxy groups -OCH3 is 1. The van der Waals surface area contributed by atoms with Crippen LogP contribution in [-0.4, -0.2) is 20.3 Å². The summed E-state index contributed by atoms with van der Waals surface area (Å²) in [5.74, 6) is 0.907. The van der Waals surface area contributed by atoms with Gasteiger partial charge in [-0.3, -0.25) is 0 Å². The van der Waals surface area contributed by atoms with Crippen LogP contribution in [0.15, 0.2) is 24.3 Å². The molecule has 1 atom stereocenters. The SMILES string of the molecule is CCCOc1ccc(C(N)CCOC)cc1. The lowest BCUT2D eigenvalue weighted by Gasteiger charge is -2.12. The predicted molar refractivity (Wildman–Crippen MR) is 65.6 cm³/mol. The molecule has 0 saturated carbocycles. The van der Waals surface area contributed by atoms with Gasteiger partial charge in [-0.15, -0.1) is 0 Å². The summed E-state index contributed by atoms with van der Waals surface area (Å²) in [6.45, 7) is 3.54. The lowest BCUT2D eigenvalue weighted by atomic mass is 10.1. The largest absolute Gasteiger partial charge is 0.494 e. The van der Waals surface area contributed by atoms with Crippen LogP contribution in [0.5, 0.6) is 5.75 Å². The Morgan fingerprint density at radius 3 is 2.44 bits per heavy atom. The zero-order valence-electron chi connectivity index (χ0n) is 10.1. The van der Waals surface area contributed by atoms with Crippen LogP contribution in [0.3, 0.4) is 0 Å². The fourth-order valence-corrected chi connectivity index (χ4v) is 1.44. The third kappa shape index (κ3) is 4.21. The van der Waals surface area contributed by atoms with Crippen molar-refractivity contribution in [3.05, 3.63) is 29.8 Å². The van der Waals surface area contributed by atoms with Crippen LogP contribution in [0, 0.1) is 0 Å². The summed E-state index contributed by atoms with van der Waals surface area (Å²) in [5.41, 5.74) is 7.14. The number of benzene rings is 1. The van der Waals surface area contributed by atoms with Gasteiger partial charge in [0.05, 0.1) is 6.61 Å². The Hall–Kier alpha value is -1.06. The van der Waals surface area contributed by atoms with Gasteiger partial charge in [-0.05, 0) is 30.5 Å². The van der Waals surface area contributed by atoms with Gasteiger partial charge in [-0.25, -0.2) is 0 Å². The molecule has 0 aliphatic heterocycles. The van der Waals surface area contributed by atoms with Gasteiger partial charge in [-0.2, -0.15) is 0 Å². The van der Waals surface area contributed by atoms with Crippen LogP contribution >= 0.6 is 0 Å². The fourth-order valence-electron chi connectivity index (χ4n) is 1.44. The first-order chi connectivity index (χ1) is 7.77. The molecule has 0 spiro atoms. The highest BCUT2D eigenvalue weighted by molar-refractivity contribution is 5.28. The van der Waals surface area contributed by atoms with Crippen LogP contribution in [-0.2, 0) is 4.74 Å². The van der Waals surface area contributed by atoms with Crippen molar-refractivity contribution in [1.82, 2.24) is 0 Å². The molecule has 0 amide bonds. The number of rotatable bonds is 7. The van der Waals surface area contributed by atoms with Crippen molar-refractivity contribution in [2.24, 2.45) is 5.73 Å². The number of ether oxygens (including phenoxy) is 2. The van der Waals surface area contributed by atoms with Crippen LogP contribution in [0.4, 0.5) is 0 Å². The van der Waals surface area contributed by atoms with Crippen molar-refractivity contribution in [2.45, 2.75) is 25.8 Å². The predicted octanol–water partition coefficient (Wildman–Crippen LogP) is 2.51. The average molecular weight is 223 g/mol. The summed E-state index contributed by atoms with van der Waals surface area (Å²) in [4.78, 5) is 0. The highest BCUT2D eigenvalue weighted by Crippen LogP contribution is 2.18. The van der Waals surface area contributed by atoms with Crippen molar-refractivity contribution in [3.8, 4) is 5.75 Å². The van der Waals surface area contributed by atoms with Gasteiger partial charge in [0.2, 0.25) is 0 Å². The average Bonchev–Trinajstić information content (AvgIpc) is 2.34. The Kier molecular flexibility index (Phi) is 5.90. The molecular weight excluding hydrogens is 202 g/mol. The minimum Gasteiger partial charge on any atom is -0.494 e. The quantitative estimate of drug-likeness (QED) is 0.772. The molecule has 0 heterocycles.